The van der Waals surface area contributed by atoms with E-state index in [1.54, 1.807) is 12.1 Å². The number of rotatable bonds is 4. The van der Waals surface area contributed by atoms with E-state index in [-0.39, 0.29) is 0 Å². The molecule has 0 bridgehead atoms. The van der Waals surface area contributed by atoms with E-state index in [0.717, 1.165) is 31.4 Å². The Morgan fingerprint density at radius 1 is 0.958 bits per heavy atom. The highest BCUT2D eigenvalue weighted by Crippen LogP contribution is 2.33. The summed E-state index contributed by atoms with van der Waals surface area (Å²) >= 11 is 0. The lowest BCUT2D eigenvalue weighted by Crippen LogP contribution is -2.14. The number of aromatic nitrogens is 1. The summed E-state index contributed by atoms with van der Waals surface area (Å²) in [6.07, 6.45) is 8.13. The first-order chi connectivity index (χ1) is 11.7. The van der Waals surface area contributed by atoms with Crippen LogP contribution in [0.5, 0.6) is 5.75 Å². The Labute approximate surface area is 142 Å². The smallest absolute Gasteiger partial charge is 0.248 e. The van der Waals surface area contributed by atoms with Crippen molar-refractivity contribution in [1.29, 1.82) is 0 Å². The summed E-state index contributed by atoms with van der Waals surface area (Å²) in [6.45, 7) is 0.586. The number of aryl methyl sites for hydroxylation is 2. The molecule has 4 heteroatoms. The Bertz CT molecular complexity index is 781. The summed E-state index contributed by atoms with van der Waals surface area (Å²) in [5, 5.41) is 0. The van der Waals surface area contributed by atoms with Crippen molar-refractivity contribution in [1.82, 2.24) is 4.98 Å². The Morgan fingerprint density at radius 3 is 2.29 bits per heavy atom. The number of primary amides is 1. The molecule has 0 spiro atoms. The maximum Gasteiger partial charge on any atom is 0.248 e. The predicted octanol–water partition coefficient (Wildman–Crippen LogP) is 3.13. The second-order valence-electron chi connectivity index (χ2n) is 6.68. The second kappa shape index (κ2) is 6.27. The number of carbonyl (C=O) groups is 1. The minimum atomic E-state index is -0.414. The third-order valence-electron chi connectivity index (χ3n) is 5.15. The van der Waals surface area contributed by atoms with Gasteiger partial charge in [0, 0.05) is 17.0 Å². The molecule has 2 N–H and O–H groups in total. The molecule has 0 saturated carbocycles. The van der Waals surface area contributed by atoms with Crippen LogP contribution in [-0.2, 0) is 32.3 Å². The topological polar surface area (TPSA) is 65.2 Å². The first kappa shape index (κ1) is 15.2. The number of ether oxygens (including phenoxy) is 1. The van der Waals surface area contributed by atoms with Crippen molar-refractivity contribution in [2.45, 2.75) is 51.6 Å². The first-order valence-electron chi connectivity index (χ1n) is 8.77. The van der Waals surface area contributed by atoms with Crippen LogP contribution in [0.15, 0.2) is 24.3 Å². The molecule has 1 aromatic heterocycles. The van der Waals surface area contributed by atoms with E-state index in [0.29, 0.717) is 12.2 Å². The van der Waals surface area contributed by atoms with Gasteiger partial charge in [-0.25, -0.2) is 0 Å². The van der Waals surface area contributed by atoms with E-state index in [9.17, 15) is 4.79 Å². The van der Waals surface area contributed by atoms with Crippen molar-refractivity contribution in [3.8, 4) is 5.75 Å². The molecule has 1 amide bonds. The molecule has 2 aromatic rings. The Kier molecular flexibility index (Phi) is 3.97. The lowest BCUT2D eigenvalue weighted by atomic mass is 9.89. The molecule has 0 fully saturated rings. The molecule has 0 unspecified atom stereocenters. The van der Waals surface area contributed by atoms with Crippen LogP contribution in [0.1, 0.15) is 57.7 Å². The van der Waals surface area contributed by atoms with E-state index in [1.165, 1.54) is 47.3 Å². The van der Waals surface area contributed by atoms with Gasteiger partial charge in [0.25, 0.3) is 0 Å². The molecule has 0 aliphatic heterocycles. The fraction of sp³-hybridized carbons (Fsp3) is 0.400. The van der Waals surface area contributed by atoms with E-state index in [1.807, 2.05) is 12.1 Å². The number of hydrogen-bond acceptors (Lipinski definition) is 3. The Hall–Kier alpha value is -2.36. The van der Waals surface area contributed by atoms with Gasteiger partial charge in [-0.15, -0.1) is 0 Å². The highest BCUT2D eigenvalue weighted by molar-refractivity contribution is 5.92. The highest BCUT2D eigenvalue weighted by atomic mass is 16.5. The Balaban J connectivity index is 1.60. The van der Waals surface area contributed by atoms with Crippen LogP contribution in [-0.4, -0.2) is 10.9 Å². The molecule has 4 nitrogen and oxygen atoms in total. The minimum absolute atomic E-state index is 0.414. The summed E-state index contributed by atoms with van der Waals surface area (Å²) < 4.78 is 6.04. The molecule has 1 aromatic carbocycles. The van der Waals surface area contributed by atoms with E-state index in [4.69, 9.17) is 15.5 Å². The third-order valence-corrected chi connectivity index (χ3v) is 5.15. The van der Waals surface area contributed by atoms with Crippen LogP contribution >= 0.6 is 0 Å². The SMILES string of the molecule is NC(=O)c1ccc(OCc2c3c(nc4c2CCC4)CCCC3)cc1. The molecule has 2 aliphatic carbocycles. The van der Waals surface area contributed by atoms with Gasteiger partial charge in [-0.3, -0.25) is 9.78 Å². The van der Waals surface area contributed by atoms with Gasteiger partial charge in [0.05, 0.1) is 0 Å². The van der Waals surface area contributed by atoms with Crippen molar-refractivity contribution >= 4 is 5.91 Å². The molecule has 2 aliphatic rings. The molecular weight excluding hydrogens is 300 g/mol. The normalized spacial score (nSPS) is 15.7. The van der Waals surface area contributed by atoms with Gasteiger partial charge in [-0.05, 0) is 85.9 Å². The molecular formula is C20H22N2O2. The van der Waals surface area contributed by atoms with Crippen molar-refractivity contribution in [2.75, 3.05) is 0 Å². The number of benzene rings is 1. The molecule has 0 atom stereocenters. The minimum Gasteiger partial charge on any atom is -0.489 e. The summed E-state index contributed by atoms with van der Waals surface area (Å²) in [4.78, 5) is 16.1. The summed E-state index contributed by atoms with van der Waals surface area (Å²) in [6, 6.07) is 7.05. The number of amides is 1. The number of nitrogens with zero attached hydrogens (tertiary/aromatic N) is 1. The number of hydrogen-bond donors (Lipinski definition) is 1. The molecule has 124 valence electrons. The van der Waals surface area contributed by atoms with Gasteiger partial charge < -0.3 is 10.5 Å². The number of fused-ring (bicyclic) bond motifs is 2. The maximum absolute atomic E-state index is 11.2. The molecule has 0 saturated heterocycles. The maximum atomic E-state index is 11.2. The van der Waals surface area contributed by atoms with Crippen LogP contribution in [0.25, 0.3) is 0 Å². The zero-order valence-electron chi connectivity index (χ0n) is 13.8. The van der Waals surface area contributed by atoms with E-state index < -0.39 is 5.91 Å². The number of carbonyl (C=O) groups excluding carboxylic acids is 1. The third kappa shape index (κ3) is 2.77. The zero-order valence-corrected chi connectivity index (χ0v) is 13.8. The van der Waals surface area contributed by atoms with Crippen LogP contribution in [0, 0.1) is 0 Å². The predicted molar refractivity (Wildman–Crippen MR) is 92.2 cm³/mol. The number of nitrogens with two attached hydrogens (primary N) is 1. The van der Waals surface area contributed by atoms with Crippen molar-refractivity contribution in [2.24, 2.45) is 5.73 Å². The average molecular weight is 322 g/mol. The van der Waals surface area contributed by atoms with Gasteiger partial charge in [-0.2, -0.15) is 0 Å². The molecule has 4 rings (SSSR count). The number of pyridine rings is 1. The van der Waals surface area contributed by atoms with Gasteiger partial charge in [0.1, 0.15) is 12.4 Å². The summed E-state index contributed by atoms with van der Waals surface area (Å²) in [7, 11) is 0. The van der Waals surface area contributed by atoms with Crippen LogP contribution in [0.2, 0.25) is 0 Å². The van der Waals surface area contributed by atoms with E-state index in [2.05, 4.69) is 0 Å². The second-order valence-corrected chi connectivity index (χ2v) is 6.68. The summed E-state index contributed by atoms with van der Waals surface area (Å²) in [5.41, 5.74) is 12.6. The zero-order chi connectivity index (χ0) is 16.5. The fourth-order valence-corrected chi connectivity index (χ4v) is 3.90. The van der Waals surface area contributed by atoms with Crippen molar-refractivity contribution < 1.29 is 9.53 Å². The van der Waals surface area contributed by atoms with Gasteiger partial charge in [-0.1, -0.05) is 0 Å². The average Bonchev–Trinajstić information content (AvgIpc) is 3.07. The Morgan fingerprint density at radius 2 is 1.58 bits per heavy atom. The van der Waals surface area contributed by atoms with Gasteiger partial charge in [0.15, 0.2) is 0 Å². The fourth-order valence-electron chi connectivity index (χ4n) is 3.90. The first-order valence-corrected chi connectivity index (χ1v) is 8.77. The monoisotopic (exact) mass is 322 g/mol. The van der Waals surface area contributed by atoms with Crippen LogP contribution < -0.4 is 10.5 Å². The quantitative estimate of drug-likeness (QED) is 0.940. The van der Waals surface area contributed by atoms with Crippen LogP contribution in [0.4, 0.5) is 0 Å². The molecule has 0 radical (unpaired) electrons. The van der Waals surface area contributed by atoms with Crippen molar-refractivity contribution in [3.05, 3.63) is 57.9 Å². The van der Waals surface area contributed by atoms with Gasteiger partial charge in [0.2, 0.25) is 5.91 Å². The van der Waals surface area contributed by atoms with Gasteiger partial charge >= 0.3 is 0 Å². The van der Waals surface area contributed by atoms with E-state index >= 15 is 0 Å². The lowest BCUT2D eigenvalue weighted by Gasteiger charge is -2.22. The molecule has 24 heavy (non-hydrogen) atoms. The van der Waals surface area contributed by atoms with Crippen molar-refractivity contribution in [3.63, 3.8) is 0 Å². The largest absolute Gasteiger partial charge is 0.489 e. The standard InChI is InChI=1S/C20H22N2O2/c21-20(23)13-8-10-14(11-9-13)24-12-17-15-4-1-2-6-18(15)22-19-7-3-5-16(17)19/h8-11H,1-7,12H2,(H2,21,23). The lowest BCUT2D eigenvalue weighted by molar-refractivity contribution is 0.1000. The van der Waals surface area contributed by atoms with Crippen LogP contribution in [0.3, 0.4) is 0 Å². The molecule has 1 heterocycles. The highest BCUT2D eigenvalue weighted by Gasteiger charge is 2.24. The summed E-state index contributed by atoms with van der Waals surface area (Å²) in [5.74, 6) is 0.357.